The van der Waals surface area contributed by atoms with Crippen LogP contribution in [0.25, 0.3) is 10.9 Å². The molecule has 0 saturated heterocycles. The fourth-order valence-electron chi connectivity index (χ4n) is 3.94. The molecule has 3 rings (SSSR count). The number of fused-ring (bicyclic) bond motifs is 3. The predicted octanol–water partition coefficient (Wildman–Crippen LogP) is 4.95. The quantitative estimate of drug-likeness (QED) is 0.844. The third-order valence-corrected chi connectivity index (χ3v) is 4.90. The van der Waals surface area contributed by atoms with E-state index in [0.717, 1.165) is 32.3 Å². The molecule has 0 amide bonds. The molecule has 1 aliphatic rings. The van der Waals surface area contributed by atoms with Crippen molar-refractivity contribution in [3.8, 4) is 0 Å². The fourth-order valence-corrected chi connectivity index (χ4v) is 3.94. The van der Waals surface area contributed by atoms with Crippen molar-refractivity contribution in [1.82, 2.24) is 4.98 Å². The summed E-state index contributed by atoms with van der Waals surface area (Å²) < 4.78 is 6.32. The zero-order chi connectivity index (χ0) is 15.0. The molecule has 114 valence electrons. The Morgan fingerprint density at radius 3 is 2.76 bits per heavy atom. The summed E-state index contributed by atoms with van der Waals surface area (Å²) in [6.45, 7) is 9.90. The number of aromatic nitrogens is 1. The standard InChI is InChI=1S/C19H27NO/c1-5-14-8-7-9-15-16-10-11-21-19(6-2,12-13(3)4)18(16)20-17(14)15/h7-9,13,20H,5-6,10-12H2,1-4H3. The number of hydrogen-bond acceptors (Lipinski definition) is 1. The minimum absolute atomic E-state index is 0.119. The third kappa shape index (κ3) is 2.30. The van der Waals surface area contributed by atoms with Crippen LogP contribution in [0.2, 0.25) is 0 Å². The Bertz CT molecular complexity index is 640. The van der Waals surface area contributed by atoms with Crippen LogP contribution in [0.15, 0.2) is 18.2 Å². The monoisotopic (exact) mass is 285 g/mol. The van der Waals surface area contributed by atoms with Gasteiger partial charge in [0, 0.05) is 10.9 Å². The van der Waals surface area contributed by atoms with Crippen LogP contribution in [-0.2, 0) is 23.2 Å². The molecule has 1 unspecified atom stereocenters. The van der Waals surface area contributed by atoms with E-state index in [0.29, 0.717) is 5.92 Å². The van der Waals surface area contributed by atoms with Gasteiger partial charge in [0.15, 0.2) is 0 Å². The summed E-state index contributed by atoms with van der Waals surface area (Å²) in [6, 6.07) is 6.70. The topological polar surface area (TPSA) is 25.0 Å². The number of para-hydroxylation sites is 1. The summed E-state index contributed by atoms with van der Waals surface area (Å²) in [4.78, 5) is 3.76. The van der Waals surface area contributed by atoms with Crippen LogP contribution in [0.1, 0.15) is 57.4 Å². The van der Waals surface area contributed by atoms with E-state index in [9.17, 15) is 0 Å². The first kappa shape index (κ1) is 14.6. The van der Waals surface area contributed by atoms with Crippen molar-refractivity contribution in [3.05, 3.63) is 35.0 Å². The highest BCUT2D eigenvalue weighted by molar-refractivity contribution is 5.88. The van der Waals surface area contributed by atoms with Gasteiger partial charge in [-0.15, -0.1) is 0 Å². The van der Waals surface area contributed by atoms with E-state index in [4.69, 9.17) is 4.74 Å². The molecule has 0 aliphatic carbocycles. The maximum absolute atomic E-state index is 6.32. The lowest BCUT2D eigenvalue weighted by Gasteiger charge is -2.38. The highest BCUT2D eigenvalue weighted by Crippen LogP contribution is 2.43. The first-order chi connectivity index (χ1) is 10.1. The van der Waals surface area contributed by atoms with Gasteiger partial charge >= 0.3 is 0 Å². The van der Waals surface area contributed by atoms with Gasteiger partial charge in [-0.25, -0.2) is 0 Å². The second-order valence-electron chi connectivity index (χ2n) is 6.72. The number of hydrogen-bond donors (Lipinski definition) is 1. The van der Waals surface area contributed by atoms with Gasteiger partial charge in [-0.2, -0.15) is 0 Å². The second kappa shape index (κ2) is 5.49. The van der Waals surface area contributed by atoms with Crippen molar-refractivity contribution < 1.29 is 4.74 Å². The van der Waals surface area contributed by atoms with E-state index >= 15 is 0 Å². The SMILES string of the molecule is CCc1cccc2c3c([nH]c12)C(CC)(CC(C)C)OCC3. The Morgan fingerprint density at radius 1 is 1.29 bits per heavy atom. The normalized spacial score (nSPS) is 22.0. The number of aryl methyl sites for hydroxylation is 1. The van der Waals surface area contributed by atoms with E-state index in [1.165, 1.54) is 27.7 Å². The van der Waals surface area contributed by atoms with Crippen LogP contribution in [-0.4, -0.2) is 11.6 Å². The van der Waals surface area contributed by atoms with Crippen LogP contribution in [0.3, 0.4) is 0 Å². The van der Waals surface area contributed by atoms with Gasteiger partial charge in [0.25, 0.3) is 0 Å². The van der Waals surface area contributed by atoms with Crippen molar-refractivity contribution in [2.45, 2.75) is 59.0 Å². The lowest BCUT2D eigenvalue weighted by molar-refractivity contribution is -0.0793. The average molecular weight is 285 g/mol. The molecular weight excluding hydrogens is 258 g/mol. The molecule has 0 saturated carbocycles. The zero-order valence-corrected chi connectivity index (χ0v) is 13.8. The molecule has 2 nitrogen and oxygen atoms in total. The number of rotatable bonds is 4. The van der Waals surface area contributed by atoms with Gasteiger partial charge < -0.3 is 9.72 Å². The molecule has 21 heavy (non-hydrogen) atoms. The number of H-pyrrole nitrogens is 1. The molecule has 1 aromatic heterocycles. The molecule has 0 bridgehead atoms. The number of ether oxygens (including phenoxy) is 1. The molecule has 1 aromatic carbocycles. The van der Waals surface area contributed by atoms with Crippen molar-refractivity contribution in [1.29, 1.82) is 0 Å². The first-order valence-electron chi connectivity index (χ1n) is 8.38. The number of benzene rings is 1. The second-order valence-corrected chi connectivity index (χ2v) is 6.72. The van der Waals surface area contributed by atoms with Crippen molar-refractivity contribution in [2.24, 2.45) is 5.92 Å². The van der Waals surface area contributed by atoms with Crippen molar-refractivity contribution >= 4 is 10.9 Å². The summed E-state index contributed by atoms with van der Waals surface area (Å²) in [5.74, 6) is 0.632. The average Bonchev–Trinajstić information content (AvgIpc) is 2.87. The Balaban J connectivity index is 2.21. The number of aromatic amines is 1. The minimum atomic E-state index is -0.119. The molecule has 0 radical (unpaired) electrons. The smallest absolute Gasteiger partial charge is 0.108 e. The molecule has 0 spiro atoms. The van der Waals surface area contributed by atoms with Gasteiger partial charge in [-0.05, 0) is 42.7 Å². The summed E-state index contributed by atoms with van der Waals surface area (Å²) >= 11 is 0. The molecular formula is C19H27NO. The largest absolute Gasteiger partial charge is 0.368 e. The predicted molar refractivity (Wildman–Crippen MR) is 88.8 cm³/mol. The van der Waals surface area contributed by atoms with E-state index in [1.54, 1.807) is 0 Å². The van der Waals surface area contributed by atoms with Crippen molar-refractivity contribution in [2.75, 3.05) is 6.61 Å². The minimum Gasteiger partial charge on any atom is -0.368 e. The van der Waals surface area contributed by atoms with Crippen LogP contribution in [0.4, 0.5) is 0 Å². The Kier molecular flexibility index (Phi) is 3.83. The van der Waals surface area contributed by atoms with Crippen LogP contribution >= 0.6 is 0 Å². The summed E-state index contributed by atoms with van der Waals surface area (Å²) in [5.41, 5.74) is 5.47. The van der Waals surface area contributed by atoms with Crippen LogP contribution in [0, 0.1) is 5.92 Å². The molecule has 1 atom stereocenters. The zero-order valence-electron chi connectivity index (χ0n) is 13.8. The summed E-state index contributed by atoms with van der Waals surface area (Å²) in [5, 5.41) is 1.41. The van der Waals surface area contributed by atoms with E-state index < -0.39 is 0 Å². The van der Waals surface area contributed by atoms with Gasteiger partial charge in [0.1, 0.15) is 5.60 Å². The van der Waals surface area contributed by atoms with Gasteiger partial charge in [0.05, 0.1) is 12.3 Å². The maximum Gasteiger partial charge on any atom is 0.108 e. The van der Waals surface area contributed by atoms with Gasteiger partial charge in [-0.1, -0.05) is 45.9 Å². The van der Waals surface area contributed by atoms with Gasteiger partial charge in [0.2, 0.25) is 0 Å². The highest BCUT2D eigenvalue weighted by atomic mass is 16.5. The molecule has 2 heteroatoms. The maximum atomic E-state index is 6.32. The Hall–Kier alpha value is -1.28. The molecule has 2 aromatic rings. The first-order valence-corrected chi connectivity index (χ1v) is 8.38. The molecule has 1 aliphatic heterocycles. The van der Waals surface area contributed by atoms with Gasteiger partial charge in [-0.3, -0.25) is 0 Å². The van der Waals surface area contributed by atoms with E-state index in [1.807, 2.05) is 0 Å². The van der Waals surface area contributed by atoms with Crippen LogP contribution < -0.4 is 0 Å². The van der Waals surface area contributed by atoms with Crippen molar-refractivity contribution in [3.63, 3.8) is 0 Å². The number of nitrogens with one attached hydrogen (secondary N) is 1. The molecule has 2 heterocycles. The van der Waals surface area contributed by atoms with E-state index in [2.05, 4.69) is 50.9 Å². The fraction of sp³-hybridized carbons (Fsp3) is 0.579. The highest BCUT2D eigenvalue weighted by Gasteiger charge is 2.39. The Morgan fingerprint density at radius 2 is 2.10 bits per heavy atom. The molecule has 1 N–H and O–H groups in total. The lowest BCUT2D eigenvalue weighted by Crippen LogP contribution is -2.36. The summed E-state index contributed by atoms with van der Waals surface area (Å²) in [6.07, 6.45) is 4.22. The summed E-state index contributed by atoms with van der Waals surface area (Å²) in [7, 11) is 0. The Labute approximate surface area is 127 Å². The lowest BCUT2D eigenvalue weighted by atomic mass is 9.82. The molecule has 0 fully saturated rings. The third-order valence-electron chi connectivity index (χ3n) is 4.90. The van der Waals surface area contributed by atoms with E-state index in [-0.39, 0.29) is 5.60 Å². The van der Waals surface area contributed by atoms with Crippen LogP contribution in [0.5, 0.6) is 0 Å².